The summed E-state index contributed by atoms with van der Waals surface area (Å²) in [6, 6.07) is 9.15. The smallest absolute Gasteiger partial charge is 0.312 e. The molecule has 1 aromatic carbocycles. The first-order valence-electron chi connectivity index (χ1n) is 10.9. The molecule has 0 aliphatic carbocycles. The van der Waals surface area contributed by atoms with Crippen LogP contribution in [0.4, 0.5) is 0 Å². The first kappa shape index (κ1) is 22.2. The molecule has 8 heteroatoms. The van der Waals surface area contributed by atoms with Crippen LogP contribution in [-0.2, 0) is 9.59 Å². The SMILES string of the molecule is O=C(NCCCNC(=O)c1ccccc1)C(=O)N1CCCC1CN1CCCC1CO. The second-order valence-corrected chi connectivity index (χ2v) is 8.00. The molecule has 8 nitrogen and oxygen atoms in total. The van der Waals surface area contributed by atoms with Crippen molar-refractivity contribution in [1.82, 2.24) is 20.4 Å². The highest BCUT2D eigenvalue weighted by atomic mass is 16.3. The average Bonchev–Trinajstić information content (AvgIpc) is 3.42. The quantitative estimate of drug-likeness (QED) is 0.420. The van der Waals surface area contributed by atoms with Crippen LogP contribution in [0.2, 0.25) is 0 Å². The summed E-state index contributed by atoms with van der Waals surface area (Å²) < 4.78 is 0. The minimum absolute atomic E-state index is 0.0283. The topological polar surface area (TPSA) is 102 Å². The molecule has 2 unspecified atom stereocenters. The number of nitrogens with zero attached hydrogens (tertiary/aromatic N) is 2. The lowest BCUT2D eigenvalue weighted by atomic mass is 10.2. The van der Waals surface area contributed by atoms with Crippen LogP contribution in [0, 0.1) is 0 Å². The Kier molecular flexibility index (Phi) is 8.21. The fourth-order valence-corrected chi connectivity index (χ4v) is 4.30. The molecule has 164 valence electrons. The van der Waals surface area contributed by atoms with Crippen LogP contribution >= 0.6 is 0 Å². The number of nitrogens with one attached hydrogen (secondary N) is 2. The Labute approximate surface area is 177 Å². The van der Waals surface area contributed by atoms with E-state index < -0.39 is 11.8 Å². The van der Waals surface area contributed by atoms with Gasteiger partial charge in [0.15, 0.2) is 0 Å². The van der Waals surface area contributed by atoms with Gasteiger partial charge < -0.3 is 20.6 Å². The predicted octanol–water partition coefficient (Wildman–Crippen LogP) is 0.370. The van der Waals surface area contributed by atoms with Gasteiger partial charge in [0.25, 0.3) is 5.91 Å². The van der Waals surface area contributed by atoms with E-state index in [0.29, 0.717) is 31.6 Å². The van der Waals surface area contributed by atoms with Crippen LogP contribution < -0.4 is 10.6 Å². The van der Waals surface area contributed by atoms with Crippen molar-refractivity contribution in [3.8, 4) is 0 Å². The minimum Gasteiger partial charge on any atom is -0.395 e. The van der Waals surface area contributed by atoms with Gasteiger partial charge in [0.05, 0.1) is 6.61 Å². The zero-order valence-corrected chi connectivity index (χ0v) is 17.4. The molecule has 2 heterocycles. The van der Waals surface area contributed by atoms with Gasteiger partial charge in [-0.3, -0.25) is 19.3 Å². The van der Waals surface area contributed by atoms with Gasteiger partial charge in [-0.15, -0.1) is 0 Å². The average molecular weight is 417 g/mol. The van der Waals surface area contributed by atoms with Gasteiger partial charge >= 0.3 is 11.8 Å². The standard InChI is InChI=1S/C22H32N4O4/c27-16-19-10-4-13-25(19)15-18-9-5-14-26(18)22(30)21(29)24-12-6-11-23-20(28)17-7-2-1-3-8-17/h1-3,7-8,18-19,27H,4-6,9-16H2,(H,23,28)(H,24,29). The van der Waals surface area contributed by atoms with Gasteiger partial charge in [0, 0.05) is 43.8 Å². The van der Waals surface area contributed by atoms with Crippen molar-refractivity contribution in [2.24, 2.45) is 0 Å². The summed E-state index contributed by atoms with van der Waals surface area (Å²) in [5.74, 6) is -1.22. The van der Waals surface area contributed by atoms with Crippen molar-refractivity contribution in [2.75, 3.05) is 39.3 Å². The van der Waals surface area contributed by atoms with Crippen LogP contribution in [0.5, 0.6) is 0 Å². The first-order valence-corrected chi connectivity index (χ1v) is 10.9. The van der Waals surface area contributed by atoms with Crippen LogP contribution in [0.25, 0.3) is 0 Å². The van der Waals surface area contributed by atoms with Gasteiger partial charge in [0.2, 0.25) is 0 Å². The molecule has 2 aliphatic rings. The lowest BCUT2D eigenvalue weighted by Crippen LogP contribution is -2.50. The summed E-state index contributed by atoms with van der Waals surface area (Å²) in [5.41, 5.74) is 0.596. The van der Waals surface area contributed by atoms with E-state index in [1.54, 1.807) is 29.2 Å². The van der Waals surface area contributed by atoms with E-state index in [1.807, 2.05) is 6.07 Å². The molecule has 2 atom stereocenters. The summed E-state index contributed by atoms with van der Waals surface area (Å²) in [5, 5.41) is 15.0. The van der Waals surface area contributed by atoms with Crippen LogP contribution in [0.1, 0.15) is 42.5 Å². The summed E-state index contributed by atoms with van der Waals surface area (Å²) >= 11 is 0. The Bertz CT molecular complexity index is 727. The van der Waals surface area contributed by atoms with Gasteiger partial charge in [-0.1, -0.05) is 18.2 Å². The molecular formula is C22H32N4O4. The lowest BCUT2D eigenvalue weighted by Gasteiger charge is -2.31. The molecule has 2 fully saturated rings. The van der Waals surface area contributed by atoms with Crippen molar-refractivity contribution in [3.05, 3.63) is 35.9 Å². The maximum atomic E-state index is 12.6. The third-order valence-corrected chi connectivity index (χ3v) is 5.95. The van der Waals surface area contributed by atoms with Crippen molar-refractivity contribution < 1.29 is 19.5 Å². The summed E-state index contributed by atoms with van der Waals surface area (Å²) in [6.45, 7) is 3.15. The highest BCUT2D eigenvalue weighted by Crippen LogP contribution is 2.23. The number of rotatable bonds is 8. The molecule has 3 rings (SSSR count). The number of hydrogen-bond acceptors (Lipinski definition) is 5. The van der Waals surface area contributed by atoms with E-state index >= 15 is 0 Å². The molecule has 0 saturated carbocycles. The number of aliphatic hydroxyl groups excluding tert-OH is 1. The predicted molar refractivity (Wildman–Crippen MR) is 113 cm³/mol. The molecule has 0 aromatic heterocycles. The van der Waals surface area contributed by atoms with Crippen molar-refractivity contribution in [1.29, 1.82) is 0 Å². The van der Waals surface area contributed by atoms with Crippen LogP contribution in [-0.4, -0.2) is 84.0 Å². The van der Waals surface area contributed by atoms with Gasteiger partial charge in [-0.2, -0.15) is 0 Å². The Hall–Kier alpha value is -2.45. The molecule has 2 saturated heterocycles. The van der Waals surface area contributed by atoms with Gasteiger partial charge in [0.1, 0.15) is 0 Å². The molecular weight excluding hydrogens is 384 g/mol. The number of carbonyl (C=O) groups is 3. The highest BCUT2D eigenvalue weighted by Gasteiger charge is 2.35. The molecule has 30 heavy (non-hydrogen) atoms. The van der Waals surface area contributed by atoms with E-state index in [2.05, 4.69) is 15.5 Å². The Morgan fingerprint density at radius 1 is 0.967 bits per heavy atom. The number of benzene rings is 1. The fourth-order valence-electron chi connectivity index (χ4n) is 4.30. The van der Waals surface area contributed by atoms with E-state index in [0.717, 1.165) is 38.8 Å². The molecule has 3 amide bonds. The lowest BCUT2D eigenvalue weighted by molar-refractivity contribution is -0.146. The minimum atomic E-state index is -0.587. The Balaban J connectivity index is 1.37. The molecule has 0 spiro atoms. The van der Waals surface area contributed by atoms with E-state index in [1.165, 1.54) is 0 Å². The van der Waals surface area contributed by atoms with E-state index in [-0.39, 0.29) is 24.6 Å². The van der Waals surface area contributed by atoms with E-state index in [9.17, 15) is 19.5 Å². The van der Waals surface area contributed by atoms with Crippen LogP contribution in [0.3, 0.4) is 0 Å². The summed E-state index contributed by atoms with van der Waals surface area (Å²) in [7, 11) is 0. The van der Waals surface area contributed by atoms with Crippen molar-refractivity contribution >= 4 is 17.7 Å². The number of hydrogen-bond donors (Lipinski definition) is 3. The maximum Gasteiger partial charge on any atom is 0.312 e. The molecule has 2 aliphatic heterocycles. The summed E-state index contributed by atoms with van der Waals surface area (Å²) in [6.07, 6.45) is 4.38. The molecule has 1 aromatic rings. The Morgan fingerprint density at radius 3 is 2.43 bits per heavy atom. The second-order valence-electron chi connectivity index (χ2n) is 8.00. The zero-order valence-electron chi connectivity index (χ0n) is 17.4. The highest BCUT2D eigenvalue weighted by molar-refractivity contribution is 6.35. The normalized spacial score (nSPS) is 21.6. The third kappa shape index (κ3) is 5.79. The number of amides is 3. The number of aliphatic hydroxyl groups is 1. The zero-order chi connectivity index (χ0) is 21.3. The summed E-state index contributed by atoms with van der Waals surface area (Å²) in [4.78, 5) is 40.8. The number of likely N-dealkylation sites (tertiary alicyclic amines) is 2. The van der Waals surface area contributed by atoms with Gasteiger partial charge in [-0.05, 0) is 50.8 Å². The Morgan fingerprint density at radius 2 is 1.67 bits per heavy atom. The molecule has 0 radical (unpaired) electrons. The second kappa shape index (κ2) is 11.1. The van der Waals surface area contributed by atoms with Crippen molar-refractivity contribution in [2.45, 2.75) is 44.2 Å². The van der Waals surface area contributed by atoms with E-state index in [4.69, 9.17) is 0 Å². The van der Waals surface area contributed by atoms with Crippen molar-refractivity contribution in [3.63, 3.8) is 0 Å². The third-order valence-electron chi connectivity index (χ3n) is 5.95. The monoisotopic (exact) mass is 416 g/mol. The molecule has 0 bridgehead atoms. The van der Waals surface area contributed by atoms with Crippen LogP contribution in [0.15, 0.2) is 30.3 Å². The fraction of sp³-hybridized carbons (Fsp3) is 0.591. The largest absolute Gasteiger partial charge is 0.395 e. The first-order chi connectivity index (χ1) is 14.6. The maximum absolute atomic E-state index is 12.6. The van der Waals surface area contributed by atoms with Gasteiger partial charge in [-0.25, -0.2) is 0 Å². The number of carbonyl (C=O) groups excluding carboxylic acids is 3. The molecule has 3 N–H and O–H groups in total.